The molecule has 2 aromatic rings. The number of aryl methyl sites for hydroxylation is 1. The first kappa shape index (κ1) is 15.4. The van der Waals surface area contributed by atoms with E-state index >= 15 is 0 Å². The van der Waals surface area contributed by atoms with Crippen LogP contribution in [0.3, 0.4) is 0 Å². The molecule has 0 aliphatic carbocycles. The zero-order chi connectivity index (χ0) is 15.4. The Morgan fingerprint density at radius 2 is 1.90 bits per heavy atom. The van der Waals surface area contributed by atoms with Gasteiger partial charge in [0.05, 0.1) is 0 Å². The minimum atomic E-state index is -0.288. The molecule has 0 spiro atoms. The zero-order valence-corrected chi connectivity index (χ0v) is 13.2. The number of urea groups is 1. The highest BCUT2D eigenvalue weighted by Gasteiger charge is 2.09. The maximum Gasteiger partial charge on any atom is 0.346 e. The highest BCUT2D eigenvalue weighted by atomic mass is 32.1. The van der Waals surface area contributed by atoms with Gasteiger partial charge in [-0.05, 0) is 45.0 Å². The molecule has 0 bridgehead atoms. The molecule has 0 atom stereocenters. The molecule has 21 heavy (non-hydrogen) atoms. The molecule has 1 aromatic heterocycles. The van der Waals surface area contributed by atoms with Crippen LogP contribution in [-0.4, -0.2) is 28.6 Å². The lowest BCUT2D eigenvalue weighted by Crippen LogP contribution is -2.30. The summed E-state index contributed by atoms with van der Waals surface area (Å²) >= 11 is 1.44. The minimum absolute atomic E-state index is 0.252. The Hall–Kier alpha value is -1.95. The van der Waals surface area contributed by atoms with Gasteiger partial charge in [-0.1, -0.05) is 0 Å². The number of rotatable bonds is 3. The number of amides is 2. The zero-order valence-electron chi connectivity index (χ0n) is 12.3. The number of halogens is 1. The second kappa shape index (κ2) is 6.67. The Morgan fingerprint density at radius 1 is 1.29 bits per heavy atom. The van der Waals surface area contributed by atoms with Crippen LogP contribution in [0.5, 0.6) is 0 Å². The molecule has 0 N–H and O–H groups in total. The van der Waals surface area contributed by atoms with Crippen LogP contribution in [-0.2, 0) is 0 Å². The highest BCUT2D eigenvalue weighted by Crippen LogP contribution is 2.11. The number of nitrogens with zero attached hydrogens (tertiary/aromatic N) is 3. The summed E-state index contributed by atoms with van der Waals surface area (Å²) < 4.78 is 14.8. The molecule has 0 unspecified atom stereocenters. The highest BCUT2D eigenvalue weighted by molar-refractivity contribution is 7.09. The molecule has 0 fully saturated rings. The molecule has 0 saturated carbocycles. The molecule has 0 radical (unpaired) electrons. The van der Waals surface area contributed by atoms with Gasteiger partial charge in [-0.2, -0.15) is 4.99 Å². The standard InChI is InChI=1S/C15H18FN3OS/c1-4-18(5-2)14(20)17-15-19(10-11(3)21-15)13-8-6-12(16)7-9-13/h6-10H,4-5H2,1-3H3. The number of carbonyl (C=O) groups excluding carboxylic acids is 1. The van der Waals surface area contributed by atoms with E-state index in [4.69, 9.17) is 0 Å². The molecular formula is C15H18FN3OS. The maximum absolute atomic E-state index is 13.0. The van der Waals surface area contributed by atoms with Crippen molar-refractivity contribution in [2.24, 2.45) is 4.99 Å². The van der Waals surface area contributed by atoms with Crippen molar-refractivity contribution in [2.45, 2.75) is 20.8 Å². The normalized spacial score (nSPS) is 11.7. The molecule has 112 valence electrons. The monoisotopic (exact) mass is 307 g/mol. The van der Waals surface area contributed by atoms with E-state index < -0.39 is 0 Å². The van der Waals surface area contributed by atoms with Gasteiger partial charge >= 0.3 is 6.03 Å². The molecular weight excluding hydrogens is 289 g/mol. The molecule has 2 amide bonds. The van der Waals surface area contributed by atoms with Gasteiger partial charge < -0.3 is 4.90 Å². The molecule has 4 nitrogen and oxygen atoms in total. The molecule has 1 aromatic carbocycles. The summed E-state index contributed by atoms with van der Waals surface area (Å²) in [7, 11) is 0. The van der Waals surface area contributed by atoms with E-state index in [0.29, 0.717) is 17.9 Å². The Bertz CT molecular complexity index is 684. The fourth-order valence-electron chi connectivity index (χ4n) is 1.97. The summed E-state index contributed by atoms with van der Waals surface area (Å²) in [4.78, 5) is 19.6. The van der Waals surface area contributed by atoms with E-state index in [-0.39, 0.29) is 11.8 Å². The summed E-state index contributed by atoms with van der Waals surface area (Å²) in [6.07, 6.45) is 1.90. The van der Waals surface area contributed by atoms with Crippen LogP contribution < -0.4 is 4.80 Å². The third-order valence-electron chi connectivity index (χ3n) is 3.10. The van der Waals surface area contributed by atoms with Crippen LogP contribution in [0.15, 0.2) is 35.5 Å². The lowest BCUT2D eigenvalue weighted by atomic mass is 10.3. The summed E-state index contributed by atoms with van der Waals surface area (Å²) in [5.41, 5.74) is 0.784. The topological polar surface area (TPSA) is 37.6 Å². The van der Waals surface area contributed by atoms with Crippen molar-refractivity contribution in [2.75, 3.05) is 13.1 Å². The van der Waals surface area contributed by atoms with Gasteiger partial charge in [-0.25, -0.2) is 9.18 Å². The lowest BCUT2D eigenvalue weighted by Gasteiger charge is -2.14. The smallest absolute Gasteiger partial charge is 0.323 e. The van der Waals surface area contributed by atoms with Crippen LogP contribution in [0.25, 0.3) is 5.69 Å². The largest absolute Gasteiger partial charge is 0.346 e. The van der Waals surface area contributed by atoms with E-state index in [9.17, 15) is 9.18 Å². The van der Waals surface area contributed by atoms with E-state index in [1.807, 2.05) is 27.0 Å². The van der Waals surface area contributed by atoms with Crippen LogP contribution in [0.1, 0.15) is 18.7 Å². The Kier molecular flexibility index (Phi) is 4.90. The SMILES string of the molecule is CCN(CC)C(=O)N=c1sc(C)cn1-c1ccc(F)cc1. The lowest BCUT2D eigenvalue weighted by molar-refractivity contribution is 0.212. The molecule has 6 heteroatoms. The Balaban J connectivity index is 2.46. The summed E-state index contributed by atoms with van der Waals surface area (Å²) in [6.45, 7) is 7.04. The van der Waals surface area contributed by atoms with Crippen LogP contribution in [0.4, 0.5) is 9.18 Å². The number of aromatic nitrogens is 1. The summed E-state index contributed by atoms with van der Waals surface area (Å²) in [5, 5.41) is 0. The number of carbonyl (C=O) groups is 1. The Labute approximate surface area is 127 Å². The van der Waals surface area contributed by atoms with Gasteiger partial charge in [0.25, 0.3) is 0 Å². The number of thiazole rings is 1. The van der Waals surface area contributed by atoms with E-state index in [2.05, 4.69) is 4.99 Å². The van der Waals surface area contributed by atoms with E-state index in [0.717, 1.165) is 10.6 Å². The van der Waals surface area contributed by atoms with Crippen molar-refractivity contribution in [1.29, 1.82) is 0 Å². The first-order valence-electron chi connectivity index (χ1n) is 6.83. The summed E-state index contributed by atoms with van der Waals surface area (Å²) in [6, 6.07) is 5.87. The molecule has 0 aliphatic heterocycles. The predicted molar refractivity (Wildman–Crippen MR) is 82.2 cm³/mol. The van der Waals surface area contributed by atoms with Crippen molar-refractivity contribution >= 4 is 17.4 Å². The number of hydrogen-bond acceptors (Lipinski definition) is 2. The minimum Gasteiger partial charge on any atom is -0.323 e. The average molecular weight is 307 g/mol. The molecule has 2 rings (SSSR count). The van der Waals surface area contributed by atoms with Gasteiger partial charge in [-0.3, -0.25) is 4.57 Å². The Morgan fingerprint density at radius 3 is 2.48 bits per heavy atom. The van der Waals surface area contributed by atoms with Gasteiger partial charge in [-0.15, -0.1) is 11.3 Å². The van der Waals surface area contributed by atoms with Crippen molar-refractivity contribution in [3.63, 3.8) is 0 Å². The average Bonchev–Trinajstić information content (AvgIpc) is 2.81. The van der Waals surface area contributed by atoms with Crippen molar-refractivity contribution < 1.29 is 9.18 Å². The number of benzene rings is 1. The van der Waals surface area contributed by atoms with Crippen molar-refractivity contribution in [3.05, 3.63) is 46.0 Å². The summed E-state index contributed by atoms with van der Waals surface area (Å²) in [5.74, 6) is -0.288. The molecule has 0 saturated heterocycles. The van der Waals surface area contributed by atoms with Crippen molar-refractivity contribution in [1.82, 2.24) is 9.47 Å². The van der Waals surface area contributed by atoms with Gasteiger partial charge in [0.15, 0.2) is 4.80 Å². The maximum atomic E-state index is 13.0. The second-order valence-corrected chi connectivity index (χ2v) is 5.75. The third kappa shape index (κ3) is 3.58. The number of hydrogen-bond donors (Lipinski definition) is 0. The van der Waals surface area contributed by atoms with Crippen LogP contribution >= 0.6 is 11.3 Å². The third-order valence-corrected chi connectivity index (χ3v) is 4.00. The van der Waals surface area contributed by atoms with Gasteiger partial charge in [0, 0.05) is 29.9 Å². The van der Waals surface area contributed by atoms with Gasteiger partial charge in [0.1, 0.15) is 5.82 Å². The molecule has 1 heterocycles. The van der Waals surface area contributed by atoms with Gasteiger partial charge in [0.2, 0.25) is 0 Å². The molecule has 0 aliphatic rings. The van der Waals surface area contributed by atoms with Crippen LogP contribution in [0.2, 0.25) is 0 Å². The first-order chi connectivity index (χ1) is 10.0. The first-order valence-corrected chi connectivity index (χ1v) is 7.65. The predicted octanol–water partition coefficient (Wildman–Crippen LogP) is 3.35. The van der Waals surface area contributed by atoms with Crippen LogP contribution in [0, 0.1) is 12.7 Å². The fourth-order valence-corrected chi connectivity index (χ4v) is 2.79. The van der Waals surface area contributed by atoms with Crippen molar-refractivity contribution in [3.8, 4) is 5.69 Å². The fraction of sp³-hybridized carbons (Fsp3) is 0.333. The van der Waals surface area contributed by atoms with E-state index in [1.165, 1.54) is 23.5 Å². The van der Waals surface area contributed by atoms with E-state index in [1.54, 1.807) is 21.6 Å². The quantitative estimate of drug-likeness (QED) is 0.857. The second-order valence-electron chi connectivity index (χ2n) is 4.54.